The highest BCUT2D eigenvalue weighted by Crippen LogP contribution is 2.08. The molecule has 1 saturated heterocycles. The van der Waals surface area contributed by atoms with E-state index in [9.17, 15) is 0 Å². The van der Waals surface area contributed by atoms with Crippen LogP contribution in [0.5, 0.6) is 0 Å². The largest absolute Gasteiger partial charge is 0.313 e. The Morgan fingerprint density at radius 2 is 1.83 bits per heavy atom. The third kappa shape index (κ3) is 4.79. The van der Waals surface area contributed by atoms with Crippen LogP contribution in [-0.4, -0.2) is 37.1 Å². The lowest BCUT2D eigenvalue weighted by molar-refractivity contribution is 0.209. The molecule has 1 fully saturated rings. The third-order valence-corrected chi connectivity index (χ3v) is 3.73. The minimum absolute atomic E-state index is 0.604. The van der Waals surface area contributed by atoms with E-state index in [0.717, 1.165) is 13.0 Å². The molecule has 18 heavy (non-hydrogen) atoms. The fourth-order valence-corrected chi connectivity index (χ4v) is 2.70. The van der Waals surface area contributed by atoms with Crippen molar-refractivity contribution in [2.45, 2.75) is 38.6 Å². The highest BCUT2D eigenvalue weighted by Gasteiger charge is 2.12. The molecule has 0 saturated carbocycles. The number of hydrogen-bond acceptors (Lipinski definition) is 2. The summed E-state index contributed by atoms with van der Waals surface area (Å²) < 4.78 is 0. The Bertz CT molecular complexity index is 317. The molecular weight excluding hydrogens is 220 g/mol. The van der Waals surface area contributed by atoms with Crippen molar-refractivity contribution in [1.82, 2.24) is 10.2 Å². The first-order valence-electron chi connectivity index (χ1n) is 7.34. The fourth-order valence-electron chi connectivity index (χ4n) is 2.70. The molecule has 1 aromatic carbocycles. The molecule has 100 valence electrons. The van der Waals surface area contributed by atoms with Gasteiger partial charge in [-0.25, -0.2) is 0 Å². The number of nitrogens with zero attached hydrogens (tertiary/aromatic N) is 1. The highest BCUT2D eigenvalue weighted by molar-refractivity contribution is 5.14. The molecule has 2 nitrogen and oxygen atoms in total. The summed E-state index contributed by atoms with van der Waals surface area (Å²) in [6.07, 6.45) is 5.32. The number of nitrogens with one attached hydrogen (secondary N) is 1. The van der Waals surface area contributed by atoms with Crippen LogP contribution in [0, 0.1) is 0 Å². The summed E-state index contributed by atoms with van der Waals surface area (Å²) >= 11 is 0. The number of benzene rings is 1. The van der Waals surface area contributed by atoms with Gasteiger partial charge in [-0.05, 0) is 51.4 Å². The van der Waals surface area contributed by atoms with Crippen LogP contribution in [0.25, 0.3) is 0 Å². The topological polar surface area (TPSA) is 15.3 Å². The van der Waals surface area contributed by atoms with Crippen molar-refractivity contribution in [3.05, 3.63) is 35.9 Å². The van der Waals surface area contributed by atoms with Gasteiger partial charge in [0.05, 0.1) is 0 Å². The van der Waals surface area contributed by atoms with Gasteiger partial charge in [0.2, 0.25) is 0 Å². The second-order valence-electron chi connectivity index (χ2n) is 5.45. The molecule has 0 aromatic heterocycles. The molecule has 1 atom stereocenters. The van der Waals surface area contributed by atoms with Crippen molar-refractivity contribution in [3.63, 3.8) is 0 Å². The highest BCUT2D eigenvalue weighted by atomic mass is 15.1. The van der Waals surface area contributed by atoms with E-state index in [1.807, 2.05) is 0 Å². The Labute approximate surface area is 111 Å². The molecular formula is C16H26N2. The van der Waals surface area contributed by atoms with E-state index in [1.54, 1.807) is 0 Å². The molecule has 0 spiro atoms. The second kappa shape index (κ2) is 7.55. The Morgan fingerprint density at radius 3 is 2.56 bits per heavy atom. The van der Waals surface area contributed by atoms with Gasteiger partial charge in [-0.3, -0.25) is 0 Å². The zero-order valence-electron chi connectivity index (χ0n) is 11.6. The summed E-state index contributed by atoms with van der Waals surface area (Å²) in [5.41, 5.74) is 1.43. The molecule has 2 rings (SSSR count). The molecule has 1 N–H and O–H groups in total. The Balaban J connectivity index is 1.61. The Morgan fingerprint density at radius 1 is 1.11 bits per heavy atom. The molecule has 1 aliphatic heterocycles. The number of likely N-dealkylation sites (tertiary alicyclic amines) is 1. The van der Waals surface area contributed by atoms with Gasteiger partial charge in [-0.1, -0.05) is 36.8 Å². The van der Waals surface area contributed by atoms with E-state index in [2.05, 4.69) is 47.5 Å². The molecule has 1 unspecified atom stereocenters. The predicted molar refractivity (Wildman–Crippen MR) is 77.9 cm³/mol. The van der Waals surface area contributed by atoms with Gasteiger partial charge in [0.25, 0.3) is 0 Å². The van der Waals surface area contributed by atoms with E-state index in [1.165, 1.54) is 44.5 Å². The monoisotopic (exact) mass is 246 g/mol. The van der Waals surface area contributed by atoms with Crippen molar-refractivity contribution in [3.8, 4) is 0 Å². The molecule has 0 radical (unpaired) electrons. The van der Waals surface area contributed by atoms with Gasteiger partial charge in [0.15, 0.2) is 0 Å². The van der Waals surface area contributed by atoms with Crippen molar-refractivity contribution >= 4 is 0 Å². The number of piperidine rings is 1. The van der Waals surface area contributed by atoms with Gasteiger partial charge in [-0.2, -0.15) is 0 Å². The lowest BCUT2D eigenvalue weighted by Crippen LogP contribution is -2.42. The Hall–Kier alpha value is -0.860. The molecule has 1 aliphatic rings. The molecule has 2 heteroatoms. The minimum atomic E-state index is 0.604. The predicted octanol–water partition coefficient (Wildman–Crippen LogP) is 2.69. The van der Waals surface area contributed by atoms with Gasteiger partial charge >= 0.3 is 0 Å². The first-order chi connectivity index (χ1) is 8.84. The summed E-state index contributed by atoms with van der Waals surface area (Å²) in [7, 11) is 0. The standard InChI is InChI=1S/C16H26N2/c1-15(14-18-12-6-3-7-13-18)17-11-10-16-8-4-2-5-9-16/h2,4-5,8-9,15,17H,3,6-7,10-14H2,1H3. The minimum Gasteiger partial charge on any atom is -0.313 e. The third-order valence-electron chi connectivity index (χ3n) is 3.73. The van der Waals surface area contributed by atoms with E-state index in [-0.39, 0.29) is 0 Å². The van der Waals surface area contributed by atoms with Crippen molar-refractivity contribution in [2.75, 3.05) is 26.2 Å². The summed E-state index contributed by atoms with van der Waals surface area (Å²) in [6.45, 7) is 7.18. The van der Waals surface area contributed by atoms with E-state index in [4.69, 9.17) is 0 Å². The Kier molecular flexibility index (Phi) is 5.69. The van der Waals surface area contributed by atoms with E-state index < -0.39 is 0 Å². The fraction of sp³-hybridized carbons (Fsp3) is 0.625. The SMILES string of the molecule is CC(CN1CCCCC1)NCCc1ccccc1. The smallest absolute Gasteiger partial charge is 0.0166 e. The molecule has 0 aliphatic carbocycles. The van der Waals surface area contributed by atoms with Crippen LogP contribution >= 0.6 is 0 Å². The molecule has 0 bridgehead atoms. The maximum absolute atomic E-state index is 3.64. The summed E-state index contributed by atoms with van der Waals surface area (Å²) in [4.78, 5) is 2.60. The van der Waals surface area contributed by atoms with E-state index in [0.29, 0.717) is 6.04 Å². The lowest BCUT2D eigenvalue weighted by atomic mass is 10.1. The average Bonchev–Trinajstić information content (AvgIpc) is 2.41. The van der Waals surface area contributed by atoms with E-state index >= 15 is 0 Å². The van der Waals surface area contributed by atoms with Crippen LogP contribution in [0.15, 0.2) is 30.3 Å². The van der Waals surface area contributed by atoms with Crippen LogP contribution in [0.3, 0.4) is 0 Å². The summed E-state index contributed by atoms with van der Waals surface area (Å²) in [5, 5.41) is 3.64. The van der Waals surface area contributed by atoms with Gasteiger partial charge in [0, 0.05) is 12.6 Å². The van der Waals surface area contributed by atoms with Crippen LogP contribution < -0.4 is 5.32 Å². The summed E-state index contributed by atoms with van der Waals surface area (Å²) in [6, 6.07) is 11.3. The van der Waals surface area contributed by atoms with Gasteiger partial charge in [0.1, 0.15) is 0 Å². The van der Waals surface area contributed by atoms with Crippen molar-refractivity contribution in [2.24, 2.45) is 0 Å². The van der Waals surface area contributed by atoms with Crippen LogP contribution in [0.2, 0.25) is 0 Å². The zero-order valence-corrected chi connectivity index (χ0v) is 11.6. The van der Waals surface area contributed by atoms with Crippen LogP contribution in [-0.2, 0) is 6.42 Å². The van der Waals surface area contributed by atoms with Gasteiger partial charge < -0.3 is 10.2 Å². The average molecular weight is 246 g/mol. The summed E-state index contributed by atoms with van der Waals surface area (Å²) in [5.74, 6) is 0. The zero-order chi connectivity index (χ0) is 12.6. The first-order valence-corrected chi connectivity index (χ1v) is 7.34. The molecule has 1 heterocycles. The first kappa shape index (κ1) is 13.6. The number of hydrogen-bond donors (Lipinski definition) is 1. The quantitative estimate of drug-likeness (QED) is 0.830. The normalized spacial score (nSPS) is 18.7. The van der Waals surface area contributed by atoms with Crippen molar-refractivity contribution < 1.29 is 0 Å². The lowest BCUT2D eigenvalue weighted by Gasteiger charge is -2.29. The maximum atomic E-state index is 3.64. The van der Waals surface area contributed by atoms with Gasteiger partial charge in [-0.15, -0.1) is 0 Å². The maximum Gasteiger partial charge on any atom is 0.0166 e. The molecule has 0 amide bonds. The second-order valence-corrected chi connectivity index (χ2v) is 5.45. The number of rotatable bonds is 6. The van der Waals surface area contributed by atoms with Crippen LogP contribution in [0.1, 0.15) is 31.7 Å². The van der Waals surface area contributed by atoms with Crippen molar-refractivity contribution in [1.29, 1.82) is 0 Å². The van der Waals surface area contributed by atoms with Crippen LogP contribution in [0.4, 0.5) is 0 Å². The molecule has 1 aromatic rings.